The van der Waals surface area contributed by atoms with Gasteiger partial charge in [0.15, 0.2) is 5.13 Å². The van der Waals surface area contributed by atoms with Gasteiger partial charge >= 0.3 is 0 Å². The minimum absolute atomic E-state index is 0.224. The van der Waals surface area contributed by atoms with E-state index in [1.54, 1.807) is 30.3 Å². The summed E-state index contributed by atoms with van der Waals surface area (Å²) in [6, 6.07) is 12.1. The lowest BCUT2D eigenvalue weighted by molar-refractivity contribution is 0.0730. The van der Waals surface area contributed by atoms with Gasteiger partial charge in [0, 0.05) is 18.7 Å². The molecule has 0 bridgehead atoms. The Morgan fingerprint density at radius 2 is 1.86 bits per heavy atom. The molecule has 4 rings (SSSR count). The highest BCUT2D eigenvalue weighted by molar-refractivity contribution is 7.89. The number of hydrogen-bond acceptors (Lipinski definition) is 6. The van der Waals surface area contributed by atoms with Crippen molar-refractivity contribution >= 4 is 42.6 Å². The molecule has 7 nitrogen and oxygen atoms in total. The van der Waals surface area contributed by atoms with Gasteiger partial charge in [-0.2, -0.15) is 4.31 Å². The molecule has 0 radical (unpaired) electrons. The molecule has 28 heavy (non-hydrogen) atoms. The van der Waals surface area contributed by atoms with Crippen LogP contribution in [0, 0.1) is 6.92 Å². The van der Waals surface area contributed by atoms with Gasteiger partial charge in [0.05, 0.1) is 28.3 Å². The number of morpholine rings is 1. The Labute approximate surface area is 167 Å². The Bertz CT molecular complexity index is 1120. The summed E-state index contributed by atoms with van der Waals surface area (Å²) in [6.45, 7) is 3.45. The number of anilines is 1. The van der Waals surface area contributed by atoms with E-state index < -0.39 is 10.0 Å². The maximum Gasteiger partial charge on any atom is 0.257 e. The summed E-state index contributed by atoms with van der Waals surface area (Å²) in [6.07, 6.45) is 0. The standard InChI is InChI=1S/C19H19N3O4S2/c1-13-2-4-14(5-3-13)18(23)21-19-20-16-7-6-15(12-17(16)27-19)28(24,25)22-8-10-26-11-9-22/h2-7,12H,8-11H2,1H3,(H,20,21,23). The zero-order chi connectivity index (χ0) is 19.7. The maximum atomic E-state index is 12.8. The lowest BCUT2D eigenvalue weighted by Gasteiger charge is -2.25. The third kappa shape index (κ3) is 3.79. The molecule has 0 unspecified atom stereocenters. The average Bonchev–Trinajstić information content (AvgIpc) is 3.10. The van der Waals surface area contributed by atoms with E-state index in [9.17, 15) is 13.2 Å². The lowest BCUT2D eigenvalue weighted by Crippen LogP contribution is -2.40. The van der Waals surface area contributed by atoms with Crippen LogP contribution in [0.1, 0.15) is 15.9 Å². The van der Waals surface area contributed by atoms with Crippen molar-refractivity contribution in [2.75, 3.05) is 31.6 Å². The molecule has 3 aromatic rings. The zero-order valence-corrected chi connectivity index (χ0v) is 16.8. The van der Waals surface area contributed by atoms with Crippen LogP contribution < -0.4 is 5.32 Å². The van der Waals surface area contributed by atoms with Gasteiger partial charge in [-0.3, -0.25) is 10.1 Å². The molecule has 1 amide bonds. The molecule has 1 aliphatic rings. The molecule has 9 heteroatoms. The minimum atomic E-state index is -3.57. The second-order valence-electron chi connectivity index (χ2n) is 6.49. The number of ether oxygens (including phenoxy) is 1. The number of aryl methyl sites for hydroxylation is 1. The van der Waals surface area contributed by atoms with E-state index in [4.69, 9.17) is 4.74 Å². The Hall–Kier alpha value is -2.33. The fraction of sp³-hybridized carbons (Fsp3) is 0.263. The number of fused-ring (bicyclic) bond motifs is 1. The second kappa shape index (κ2) is 7.59. The number of benzene rings is 2. The third-order valence-corrected chi connectivity index (χ3v) is 7.33. The van der Waals surface area contributed by atoms with E-state index in [-0.39, 0.29) is 10.8 Å². The van der Waals surface area contributed by atoms with Crippen molar-refractivity contribution in [3.8, 4) is 0 Å². The molecule has 1 N–H and O–H groups in total. The van der Waals surface area contributed by atoms with Gasteiger partial charge < -0.3 is 4.74 Å². The molecular formula is C19H19N3O4S2. The SMILES string of the molecule is Cc1ccc(C(=O)Nc2nc3ccc(S(=O)(=O)N4CCOCC4)cc3s2)cc1. The number of nitrogens with zero attached hydrogens (tertiary/aromatic N) is 2. The Balaban J connectivity index is 1.58. The van der Waals surface area contributed by atoms with Gasteiger partial charge in [-0.05, 0) is 37.3 Å². The lowest BCUT2D eigenvalue weighted by atomic mass is 10.1. The van der Waals surface area contributed by atoms with Crippen molar-refractivity contribution in [2.24, 2.45) is 0 Å². The fourth-order valence-electron chi connectivity index (χ4n) is 2.93. The summed E-state index contributed by atoms with van der Waals surface area (Å²) < 4.78 is 33.0. The van der Waals surface area contributed by atoms with E-state index >= 15 is 0 Å². The highest BCUT2D eigenvalue weighted by Crippen LogP contribution is 2.29. The first-order chi connectivity index (χ1) is 13.4. The summed E-state index contributed by atoms with van der Waals surface area (Å²) in [7, 11) is -3.57. The molecule has 1 fully saturated rings. The average molecular weight is 418 g/mol. The number of rotatable bonds is 4. The first kappa shape index (κ1) is 19.0. The molecule has 0 aliphatic carbocycles. The van der Waals surface area contributed by atoms with Crippen LogP contribution in [0.25, 0.3) is 10.2 Å². The summed E-state index contributed by atoms with van der Waals surface area (Å²) in [5.41, 5.74) is 2.26. The van der Waals surface area contributed by atoms with Gasteiger partial charge in [-0.15, -0.1) is 0 Å². The molecule has 1 saturated heterocycles. The highest BCUT2D eigenvalue weighted by Gasteiger charge is 2.26. The molecule has 1 aliphatic heterocycles. The number of aromatic nitrogens is 1. The van der Waals surface area contributed by atoms with Crippen LogP contribution in [0.4, 0.5) is 5.13 Å². The number of nitrogens with one attached hydrogen (secondary N) is 1. The largest absolute Gasteiger partial charge is 0.379 e. The van der Waals surface area contributed by atoms with Crippen molar-refractivity contribution < 1.29 is 17.9 Å². The molecule has 0 spiro atoms. The smallest absolute Gasteiger partial charge is 0.257 e. The van der Waals surface area contributed by atoms with Crippen LogP contribution in [0.15, 0.2) is 47.4 Å². The van der Waals surface area contributed by atoms with E-state index in [0.29, 0.717) is 47.2 Å². The van der Waals surface area contributed by atoms with Crippen LogP contribution in [-0.4, -0.2) is 49.9 Å². The van der Waals surface area contributed by atoms with Gasteiger partial charge in [0.1, 0.15) is 0 Å². The van der Waals surface area contributed by atoms with Crippen molar-refractivity contribution in [3.05, 3.63) is 53.6 Å². The summed E-state index contributed by atoms with van der Waals surface area (Å²) >= 11 is 1.25. The van der Waals surface area contributed by atoms with Crippen molar-refractivity contribution in [2.45, 2.75) is 11.8 Å². The Morgan fingerprint density at radius 1 is 1.14 bits per heavy atom. The topological polar surface area (TPSA) is 88.6 Å². The van der Waals surface area contributed by atoms with Gasteiger partial charge in [-0.1, -0.05) is 29.0 Å². The zero-order valence-electron chi connectivity index (χ0n) is 15.2. The van der Waals surface area contributed by atoms with E-state index in [1.807, 2.05) is 19.1 Å². The predicted octanol–water partition coefficient (Wildman–Crippen LogP) is 2.88. The molecule has 2 aromatic carbocycles. The molecule has 2 heterocycles. The third-order valence-electron chi connectivity index (χ3n) is 4.50. The predicted molar refractivity (Wildman–Crippen MR) is 108 cm³/mol. The number of carbonyl (C=O) groups is 1. The summed E-state index contributed by atoms with van der Waals surface area (Å²) in [5, 5.41) is 3.21. The van der Waals surface area contributed by atoms with Crippen molar-refractivity contribution in [3.63, 3.8) is 0 Å². The highest BCUT2D eigenvalue weighted by atomic mass is 32.2. The number of amides is 1. The summed E-state index contributed by atoms with van der Waals surface area (Å²) in [5.74, 6) is -0.250. The first-order valence-electron chi connectivity index (χ1n) is 8.80. The van der Waals surface area contributed by atoms with Crippen molar-refractivity contribution in [1.29, 1.82) is 0 Å². The fourth-order valence-corrected chi connectivity index (χ4v) is 5.34. The summed E-state index contributed by atoms with van der Waals surface area (Å²) in [4.78, 5) is 17.0. The van der Waals surface area contributed by atoms with Crippen LogP contribution in [0.2, 0.25) is 0 Å². The number of hydrogen-bond donors (Lipinski definition) is 1. The maximum absolute atomic E-state index is 12.8. The number of thiazole rings is 1. The van der Waals surface area contributed by atoms with Crippen LogP contribution in [0.3, 0.4) is 0 Å². The van der Waals surface area contributed by atoms with Crippen LogP contribution >= 0.6 is 11.3 Å². The van der Waals surface area contributed by atoms with Gasteiger partial charge in [-0.25, -0.2) is 13.4 Å². The molecule has 0 saturated carbocycles. The second-order valence-corrected chi connectivity index (χ2v) is 9.45. The number of carbonyl (C=O) groups excluding carboxylic acids is 1. The van der Waals surface area contributed by atoms with Crippen LogP contribution in [-0.2, 0) is 14.8 Å². The molecule has 0 atom stereocenters. The monoisotopic (exact) mass is 417 g/mol. The van der Waals surface area contributed by atoms with E-state index in [0.717, 1.165) is 5.56 Å². The van der Waals surface area contributed by atoms with Gasteiger partial charge in [0.25, 0.3) is 5.91 Å². The van der Waals surface area contributed by atoms with Gasteiger partial charge in [0.2, 0.25) is 10.0 Å². The minimum Gasteiger partial charge on any atom is -0.379 e. The van der Waals surface area contributed by atoms with E-state index in [2.05, 4.69) is 10.3 Å². The molecule has 1 aromatic heterocycles. The Morgan fingerprint density at radius 3 is 2.57 bits per heavy atom. The van der Waals surface area contributed by atoms with E-state index in [1.165, 1.54) is 15.6 Å². The van der Waals surface area contributed by atoms with Crippen molar-refractivity contribution in [1.82, 2.24) is 9.29 Å². The normalized spacial score (nSPS) is 15.6. The molecule has 146 valence electrons. The first-order valence-corrected chi connectivity index (χ1v) is 11.1. The quantitative estimate of drug-likeness (QED) is 0.705. The number of sulfonamides is 1. The molecular weight excluding hydrogens is 398 g/mol. The van der Waals surface area contributed by atoms with Crippen LogP contribution in [0.5, 0.6) is 0 Å². The Kier molecular flexibility index (Phi) is 5.15.